The normalized spacial score (nSPS) is 40.5. The quantitative estimate of drug-likeness (QED) is 0.0784. The van der Waals surface area contributed by atoms with Crippen molar-refractivity contribution in [3.8, 4) is 0 Å². The number of benzene rings is 3. The molecule has 0 saturated carbocycles. The molecule has 19 heteroatoms. The predicted molar refractivity (Wildman–Crippen MR) is 218 cm³/mol. The molecule has 4 saturated heterocycles. The van der Waals surface area contributed by atoms with Gasteiger partial charge in [0, 0.05) is 0 Å². The first-order valence-electron chi connectivity index (χ1n) is 21.4. The van der Waals surface area contributed by atoms with Gasteiger partial charge in [0.15, 0.2) is 25.2 Å². The van der Waals surface area contributed by atoms with Crippen LogP contribution in [-0.4, -0.2) is 182 Å². The Morgan fingerprint density at radius 2 is 0.750 bits per heavy atom. The number of hydrogen-bond donors (Lipinski definition) is 9. The van der Waals surface area contributed by atoms with E-state index >= 15 is 0 Å². The summed E-state index contributed by atoms with van der Waals surface area (Å²) in [5.41, 5.74) is 2.18. The fraction of sp³-hybridized carbons (Fsp3) is 0.600. The third-order valence-corrected chi connectivity index (χ3v) is 11.9. The summed E-state index contributed by atoms with van der Waals surface area (Å²) in [4.78, 5) is 0. The number of aliphatic hydroxyl groups excluding tert-OH is 9. The lowest BCUT2D eigenvalue weighted by Gasteiger charge is -2.50. The molecule has 0 aromatic heterocycles. The predicted octanol–water partition coefficient (Wildman–Crippen LogP) is -1.02. The van der Waals surface area contributed by atoms with Gasteiger partial charge in [-0.2, -0.15) is 0 Å². The standard InChI is InChI=1S/C45H60O19/c1-23-30(48)33(51)39(55-20-25-12-6-3-7-13-25)43(58-23)63-38-36(54)42(57-22-27-16-10-5-11-17-27)61-29(19-47)37(38)62-45-41(35(53)32(50)28(18-46)60-45)64-44-40(34(52)31(49)24(2)59-44)56-21-26-14-8-4-9-15-26/h3-17,23-24,28-54H,18-22H2,1-2H3/t23?,24-,28?,29?,30+,31+,32-,33-,34?,35?,36?,37+,38+,39?,40?,41?,42+,43-,44-,45-/m0/s1. The van der Waals surface area contributed by atoms with Gasteiger partial charge < -0.3 is 93.3 Å². The summed E-state index contributed by atoms with van der Waals surface area (Å²) < 4.78 is 61.6. The van der Waals surface area contributed by atoms with Crippen molar-refractivity contribution in [3.05, 3.63) is 108 Å². The van der Waals surface area contributed by atoms with E-state index in [-0.39, 0.29) is 19.8 Å². The maximum absolute atomic E-state index is 12.1. The smallest absolute Gasteiger partial charge is 0.187 e. The van der Waals surface area contributed by atoms with Gasteiger partial charge in [0.1, 0.15) is 85.5 Å². The largest absolute Gasteiger partial charge is 0.394 e. The minimum Gasteiger partial charge on any atom is -0.394 e. The first-order chi connectivity index (χ1) is 30.9. The molecule has 0 spiro atoms. The molecule has 4 heterocycles. The van der Waals surface area contributed by atoms with Gasteiger partial charge in [0.25, 0.3) is 0 Å². The van der Waals surface area contributed by atoms with Crippen LogP contribution in [0.5, 0.6) is 0 Å². The first kappa shape index (κ1) is 48.8. The lowest BCUT2D eigenvalue weighted by atomic mass is 9.95. The Labute approximate surface area is 370 Å². The van der Waals surface area contributed by atoms with Crippen molar-refractivity contribution in [1.29, 1.82) is 0 Å². The van der Waals surface area contributed by atoms with Gasteiger partial charge in [-0.15, -0.1) is 0 Å². The second-order valence-electron chi connectivity index (χ2n) is 16.4. The van der Waals surface area contributed by atoms with Crippen molar-refractivity contribution in [2.75, 3.05) is 13.2 Å². The van der Waals surface area contributed by atoms with Crippen LogP contribution < -0.4 is 0 Å². The van der Waals surface area contributed by atoms with Crippen LogP contribution in [0, 0.1) is 0 Å². The van der Waals surface area contributed by atoms with Crippen LogP contribution in [0.3, 0.4) is 0 Å². The highest BCUT2D eigenvalue weighted by molar-refractivity contribution is 5.15. The van der Waals surface area contributed by atoms with E-state index in [1.807, 2.05) is 18.2 Å². The monoisotopic (exact) mass is 904 g/mol. The molecule has 3 aromatic rings. The molecular weight excluding hydrogens is 844 g/mol. The average molecular weight is 905 g/mol. The summed E-state index contributed by atoms with van der Waals surface area (Å²) >= 11 is 0. The first-order valence-corrected chi connectivity index (χ1v) is 21.4. The highest BCUT2D eigenvalue weighted by Gasteiger charge is 2.56. The van der Waals surface area contributed by atoms with Crippen LogP contribution in [0.4, 0.5) is 0 Å². The zero-order chi connectivity index (χ0) is 45.5. The molecule has 64 heavy (non-hydrogen) atoms. The number of ether oxygens (including phenoxy) is 10. The third kappa shape index (κ3) is 11.3. The van der Waals surface area contributed by atoms with E-state index in [0.29, 0.717) is 0 Å². The van der Waals surface area contributed by atoms with E-state index in [1.54, 1.807) is 72.8 Å². The van der Waals surface area contributed by atoms with Gasteiger partial charge in [0.2, 0.25) is 0 Å². The Hall–Kier alpha value is -3.10. The van der Waals surface area contributed by atoms with E-state index in [9.17, 15) is 46.0 Å². The SMILES string of the molecule is CC1O[C@@H](O[C@@H]2C(O)[C@H](OCc3ccccc3)OC(CO)[C@H]2O[C@@H]2OC(CO)[C@H](O)C(O)C2O[C@@H]2O[C@@H](C)[C@@H](O)C(O)C2OCc2ccccc2)C(OCc2ccccc2)[C@@H](O)[C@@H]1O. The molecule has 9 N–H and O–H groups in total. The Bertz CT molecular complexity index is 1820. The van der Waals surface area contributed by atoms with Gasteiger partial charge >= 0.3 is 0 Å². The van der Waals surface area contributed by atoms with E-state index in [1.165, 1.54) is 13.8 Å². The fourth-order valence-corrected chi connectivity index (χ4v) is 8.14. The number of hydrogen-bond acceptors (Lipinski definition) is 19. The molecule has 4 fully saturated rings. The summed E-state index contributed by atoms with van der Waals surface area (Å²) in [6.07, 6.45) is -30.0. The van der Waals surface area contributed by atoms with Crippen LogP contribution in [0.2, 0.25) is 0 Å². The van der Waals surface area contributed by atoms with Crippen LogP contribution in [-0.2, 0) is 67.2 Å². The summed E-state index contributed by atoms with van der Waals surface area (Å²) in [6.45, 7) is 1.31. The molecule has 20 atom stereocenters. The number of rotatable bonds is 17. The van der Waals surface area contributed by atoms with Crippen molar-refractivity contribution < 1.29 is 93.3 Å². The summed E-state index contributed by atoms with van der Waals surface area (Å²) in [6, 6.07) is 27.0. The zero-order valence-electron chi connectivity index (χ0n) is 35.4. The Balaban J connectivity index is 1.19. The highest BCUT2D eigenvalue weighted by atomic mass is 16.8. The molecule has 0 radical (unpaired) electrons. The topological polar surface area (TPSA) is 274 Å². The van der Waals surface area contributed by atoms with Crippen LogP contribution in [0.1, 0.15) is 30.5 Å². The summed E-state index contributed by atoms with van der Waals surface area (Å²) in [5, 5.41) is 100. The van der Waals surface area contributed by atoms with Gasteiger partial charge in [-0.1, -0.05) is 91.0 Å². The van der Waals surface area contributed by atoms with Crippen molar-refractivity contribution in [2.24, 2.45) is 0 Å². The van der Waals surface area contributed by atoms with Crippen molar-refractivity contribution in [1.82, 2.24) is 0 Å². The van der Waals surface area contributed by atoms with Crippen LogP contribution in [0.15, 0.2) is 91.0 Å². The molecule has 4 aliphatic rings. The molecular formula is C45H60O19. The molecule has 3 aromatic carbocycles. The lowest BCUT2D eigenvalue weighted by Crippen LogP contribution is -2.68. The van der Waals surface area contributed by atoms with Gasteiger partial charge in [-0.3, -0.25) is 0 Å². The highest BCUT2D eigenvalue weighted by Crippen LogP contribution is 2.37. The summed E-state index contributed by atoms with van der Waals surface area (Å²) in [5.74, 6) is 0. The Kier molecular flexibility index (Phi) is 17.2. The fourth-order valence-electron chi connectivity index (χ4n) is 8.14. The van der Waals surface area contributed by atoms with Crippen molar-refractivity contribution >= 4 is 0 Å². The van der Waals surface area contributed by atoms with Gasteiger partial charge in [-0.05, 0) is 30.5 Å². The maximum atomic E-state index is 12.1. The lowest BCUT2D eigenvalue weighted by molar-refractivity contribution is -0.402. The van der Waals surface area contributed by atoms with E-state index < -0.39 is 136 Å². The van der Waals surface area contributed by atoms with Gasteiger partial charge in [0.05, 0.1) is 45.2 Å². The van der Waals surface area contributed by atoms with E-state index in [0.717, 1.165) is 16.7 Å². The molecule has 0 amide bonds. The van der Waals surface area contributed by atoms with Crippen LogP contribution in [0.25, 0.3) is 0 Å². The molecule has 0 aliphatic carbocycles. The number of aliphatic hydroxyl groups is 9. The Morgan fingerprint density at radius 3 is 1.20 bits per heavy atom. The molecule has 9 unspecified atom stereocenters. The molecule has 7 rings (SSSR count). The minimum absolute atomic E-state index is 0.0352. The molecule has 0 bridgehead atoms. The zero-order valence-corrected chi connectivity index (χ0v) is 35.4. The summed E-state index contributed by atoms with van der Waals surface area (Å²) in [7, 11) is 0. The van der Waals surface area contributed by atoms with Crippen LogP contribution >= 0.6 is 0 Å². The van der Waals surface area contributed by atoms with E-state index in [2.05, 4.69) is 0 Å². The molecule has 19 nitrogen and oxygen atoms in total. The van der Waals surface area contributed by atoms with Gasteiger partial charge in [-0.25, -0.2) is 0 Å². The second-order valence-corrected chi connectivity index (χ2v) is 16.4. The van der Waals surface area contributed by atoms with E-state index in [4.69, 9.17) is 47.4 Å². The molecule has 354 valence electrons. The van der Waals surface area contributed by atoms with Crippen molar-refractivity contribution in [3.63, 3.8) is 0 Å². The minimum atomic E-state index is -1.87. The molecule has 4 aliphatic heterocycles. The average Bonchev–Trinajstić information content (AvgIpc) is 3.31. The second kappa shape index (κ2) is 22.6. The Morgan fingerprint density at radius 1 is 0.375 bits per heavy atom. The maximum Gasteiger partial charge on any atom is 0.187 e. The third-order valence-electron chi connectivity index (χ3n) is 11.9. The van der Waals surface area contributed by atoms with Crippen molar-refractivity contribution in [2.45, 2.75) is 156 Å².